The maximum atomic E-state index is 12.0. The van der Waals surface area contributed by atoms with Gasteiger partial charge in [0.1, 0.15) is 9.88 Å². The number of aromatic carboxylic acids is 1. The first-order valence-corrected chi connectivity index (χ1v) is 7.17. The normalized spacial score (nSPS) is 14.9. The van der Waals surface area contributed by atoms with Crippen LogP contribution < -0.4 is 5.32 Å². The number of hydrogen-bond acceptors (Lipinski definition) is 4. The molecule has 0 atom stereocenters. The van der Waals surface area contributed by atoms with Gasteiger partial charge in [-0.05, 0) is 20.3 Å². The van der Waals surface area contributed by atoms with E-state index in [0.29, 0.717) is 23.8 Å². The van der Waals surface area contributed by atoms with Crippen molar-refractivity contribution in [3.05, 3.63) is 27.2 Å². The highest BCUT2D eigenvalue weighted by molar-refractivity contribution is 7.13. The van der Waals surface area contributed by atoms with Gasteiger partial charge < -0.3 is 15.3 Å². The Bertz CT molecular complexity index is 565. The number of rotatable bonds is 3. The van der Waals surface area contributed by atoms with Gasteiger partial charge in [0.05, 0.1) is 12.2 Å². The SMILES string of the molecule is CC1=CCCN(C(=O)NCc2nc(C)c(C(=O)O)s2)C1. The summed E-state index contributed by atoms with van der Waals surface area (Å²) in [5, 5.41) is 12.4. The van der Waals surface area contributed by atoms with Crippen molar-refractivity contribution < 1.29 is 14.7 Å². The monoisotopic (exact) mass is 295 g/mol. The second-order valence-corrected chi connectivity index (χ2v) is 5.83. The molecule has 0 aromatic carbocycles. The molecule has 7 heteroatoms. The maximum absolute atomic E-state index is 12.0. The van der Waals surface area contributed by atoms with E-state index in [1.807, 2.05) is 6.92 Å². The van der Waals surface area contributed by atoms with Crippen LogP contribution in [0.4, 0.5) is 4.79 Å². The van der Waals surface area contributed by atoms with Gasteiger partial charge in [0, 0.05) is 13.1 Å². The molecule has 0 bridgehead atoms. The molecule has 1 aliphatic heterocycles. The zero-order valence-corrected chi connectivity index (χ0v) is 12.3. The summed E-state index contributed by atoms with van der Waals surface area (Å²) in [4.78, 5) is 29.0. The van der Waals surface area contributed by atoms with Crippen LogP contribution in [0.1, 0.15) is 33.7 Å². The third-order valence-corrected chi connectivity index (χ3v) is 4.19. The number of carbonyl (C=O) groups is 2. The van der Waals surface area contributed by atoms with Crippen LogP contribution in [0.25, 0.3) is 0 Å². The van der Waals surface area contributed by atoms with E-state index in [4.69, 9.17) is 5.11 Å². The number of hydrogen-bond donors (Lipinski definition) is 2. The number of carboxylic acids is 1. The lowest BCUT2D eigenvalue weighted by molar-refractivity contribution is 0.0701. The zero-order valence-electron chi connectivity index (χ0n) is 11.5. The molecule has 1 aliphatic rings. The van der Waals surface area contributed by atoms with Gasteiger partial charge in [-0.3, -0.25) is 0 Å². The molecule has 0 radical (unpaired) electrons. The molecular weight excluding hydrogens is 278 g/mol. The number of nitrogens with one attached hydrogen (secondary N) is 1. The quantitative estimate of drug-likeness (QED) is 0.836. The lowest BCUT2D eigenvalue weighted by atomic mass is 10.1. The predicted molar refractivity (Wildman–Crippen MR) is 76.0 cm³/mol. The Morgan fingerprint density at radius 1 is 1.50 bits per heavy atom. The third-order valence-electron chi connectivity index (χ3n) is 3.05. The second kappa shape index (κ2) is 6.04. The number of carbonyl (C=O) groups excluding carboxylic acids is 1. The molecule has 0 unspecified atom stereocenters. The summed E-state index contributed by atoms with van der Waals surface area (Å²) in [5.41, 5.74) is 1.67. The molecule has 20 heavy (non-hydrogen) atoms. The van der Waals surface area contributed by atoms with E-state index in [2.05, 4.69) is 16.4 Å². The van der Waals surface area contributed by atoms with Crippen molar-refractivity contribution in [1.82, 2.24) is 15.2 Å². The van der Waals surface area contributed by atoms with Gasteiger partial charge in [0.25, 0.3) is 0 Å². The maximum Gasteiger partial charge on any atom is 0.347 e. The largest absolute Gasteiger partial charge is 0.477 e. The van der Waals surface area contributed by atoms with Gasteiger partial charge in [-0.1, -0.05) is 11.6 Å². The third kappa shape index (κ3) is 3.36. The topological polar surface area (TPSA) is 82.5 Å². The number of nitrogens with zero attached hydrogens (tertiary/aromatic N) is 2. The Balaban J connectivity index is 1.92. The summed E-state index contributed by atoms with van der Waals surface area (Å²) in [6.07, 6.45) is 3.01. The van der Waals surface area contributed by atoms with Gasteiger partial charge >= 0.3 is 12.0 Å². The molecule has 0 spiro atoms. The first-order chi connectivity index (χ1) is 9.47. The van der Waals surface area contributed by atoms with Gasteiger partial charge in [-0.2, -0.15) is 0 Å². The van der Waals surface area contributed by atoms with Crippen LogP contribution in [-0.4, -0.2) is 40.1 Å². The van der Waals surface area contributed by atoms with Crippen molar-refractivity contribution in [2.24, 2.45) is 0 Å². The number of thiazole rings is 1. The molecule has 0 saturated heterocycles. The summed E-state index contributed by atoms with van der Waals surface area (Å²) in [6, 6.07) is -0.137. The Kier molecular flexibility index (Phi) is 4.39. The van der Waals surface area contributed by atoms with Gasteiger partial charge in [0.15, 0.2) is 0 Å². The van der Waals surface area contributed by atoms with E-state index in [9.17, 15) is 9.59 Å². The van der Waals surface area contributed by atoms with Crippen molar-refractivity contribution in [2.75, 3.05) is 13.1 Å². The Hall–Kier alpha value is -1.89. The van der Waals surface area contributed by atoms with Crippen LogP contribution in [0.3, 0.4) is 0 Å². The second-order valence-electron chi connectivity index (χ2n) is 4.75. The van der Waals surface area contributed by atoms with Crippen LogP contribution in [-0.2, 0) is 6.54 Å². The van der Waals surface area contributed by atoms with E-state index in [1.54, 1.807) is 11.8 Å². The predicted octanol–water partition coefficient (Wildman–Crippen LogP) is 2.01. The molecular formula is C13H17N3O3S. The number of urea groups is 1. The fourth-order valence-electron chi connectivity index (χ4n) is 2.07. The van der Waals surface area contributed by atoms with Crippen molar-refractivity contribution in [3.8, 4) is 0 Å². The first-order valence-electron chi connectivity index (χ1n) is 6.35. The van der Waals surface area contributed by atoms with Crippen molar-refractivity contribution in [3.63, 3.8) is 0 Å². The highest BCUT2D eigenvalue weighted by atomic mass is 32.1. The molecule has 2 amide bonds. The van der Waals surface area contributed by atoms with Crippen LogP contribution in [0.5, 0.6) is 0 Å². The average molecular weight is 295 g/mol. The molecule has 6 nitrogen and oxygen atoms in total. The Morgan fingerprint density at radius 3 is 2.85 bits per heavy atom. The standard InChI is InChI=1S/C13H17N3O3S/c1-8-4-3-5-16(7-8)13(19)14-6-10-15-9(2)11(20-10)12(17)18/h4H,3,5-7H2,1-2H3,(H,14,19)(H,17,18). The van der Waals surface area contributed by atoms with E-state index >= 15 is 0 Å². The summed E-state index contributed by atoms with van der Waals surface area (Å²) < 4.78 is 0. The number of amides is 2. The van der Waals surface area contributed by atoms with Gasteiger partial charge in [-0.15, -0.1) is 11.3 Å². The van der Waals surface area contributed by atoms with Crippen LogP contribution >= 0.6 is 11.3 Å². The fraction of sp³-hybridized carbons (Fsp3) is 0.462. The molecule has 108 valence electrons. The minimum Gasteiger partial charge on any atom is -0.477 e. The molecule has 1 aromatic heterocycles. The molecule has 1 aromatic rings. The number of carboxylic acid groups (broad SMARTS) is 1. The Labute approximate surface area is 121 Å². The smallest absolute Gasteiger partial charge is 0.347 e. The fourth-order valence-corrected chi connectivity index (χ4v) is 2.92. The summed E-state index contributed by atoms with van der Waals surface area (Å²) in [7, 11) is 0. The van der Waals surface area contributed by atoms with Crippen molar-refractivity contribution in [1.29, 1.82) is 0 Å². The minimum absolute atomic E-state index is 0.137. The molecule has 0 fully saturated rings. The first kappa shape index (κ1) is 14.5. The highest BCUT2D eigenvalue weighted by Crippen LogP contribution is 2.18. The van der Waals surface area contributed by atoms with E-state index in [1.165, 1.54) is 5.57 Å². The number of aryl methyl sites for hydroxylation is 1. The van der Waals surface area contributed by atoms with Gasteiger partial charge in [-0.25, -0.2) is 14.6 Å². The number of aromatic nitrogens is 1. The van der Waals surface area contributed by atoms with E-state index < -0.39 is 5.97 Å². The summed E-state index contributed by atoms with van der Waals surface area (Å²) in [5.74, 6) is -0.977. The van der Waals surface area contributed by atoms with Crippen LogP contribution in [0.2, 0.25) is 0 Å². The van der Waals surface area contributed by atoms with Crippen LogP contribution in [0.15, 0.2) is 11.6 Å². The molecule has 2 rings (SSSR count). The summed E-state index contributed by atoms with van der Waals surface area (Å²) in [6.45, 7) is 5.27. The lowest BCUT2D eigenvalue weighted by Gasteiger charge is -2.26. The van der Waals surface area contributed by atoms with Crippen LogP contribution in [0, 0.1) is 6.92 Å². The van der Waals surface area contributed by atoms with E-state index in [0.717, 1.165) is 17.8 Å². The van der Waals surface area contributed by atoms with Crippen molar-refractivity contribution >= 4 is 23.3 Å². The zero-order chi connectivity index (χ0) is 14.7. The van der Waals surface area contributed by atoms with E-state index in [-0.39, 0.29) is 17.5 Å². The average Bonchev–Trinajstić information content (AvgIpc) is 2.77. The molecule has 2 heterocycles. The van der Waals surface area contributed by atoms with Gasteiger partial charge in [0.2, 0.25) is 0 Å². The molecule has 0 saturated carbocycles. The lowest BCUT2D eigenvalue weighted by Crippen LogP contribution is -2.42. The minimum atomic E-state index is -0.977. The molecule has 0 aliphatic carbocycles. The molecule has 2 N–H and O–H groups in total. The summed E-state index contributed by atoms with van der Waals surface area (Å²) >= 11 is 1.10. The van der Waals surface area contributed by atoms with Crippen molar-refractivity contribution in [2.45, 2.75) is 26.8 Å². The highest BCUT2D eigenvalue weighted by Gasteiger charge is 2.18. The Morgan fingerprint density at radius 2 is 2.25 bits per heavy atom.